The van der Waals surface area contributed by atoms with E-state index in [2.05, 4.69) is 6.07 Å². The van der Waals surface area contributed by atoms with Crippen LogP contribution < -0.4 is 4.74 Å². The molecule has 7 heteroatoms. The Kier molecular flexibility index (Phi) is 5.64. The molecule has 6 nitrogen and oxygen atoms in total. The van der Waals surface area contributed by atoms with Crippen molar-refractivity contribution in [3.8, 4) is 5.75 Å². The Hall–Kier alpha value is -3.58. The van der Waals surface area contributed by atoms with Crippen molar-refractivity contribution < 1.29 is 19.1 Å². The number of amides is 3. The monoisotopic (exact) mass is 458 g/mol. The topological polar surface area (TPSA) is 66.9 Å². The molecule has 2 aliphatic rings. The number of carbonyl (C=O) groups excluding carboxylic acids is 3. The van der Waals surface area contributed by atoms with Crippen molar-refractivity contribution in [2.45, 2.75) is 13.0 Å². The van der Waals surface area contributed by atoms with Crippen molar-refractivity contribution in [2.75, 3.05) is 20.2 Å². The first kappa shape index (κ1) is 21.3. The number of carbonyl (C=O) groups is 3. The molecule has 3 aromatic rings. The van der Waals surface area contributed by atoms with E-state index in [-0.39, 0.29) is 12.5 Å². The molecule has 0 N–H and O–H groups in total. The molecule has 1 saturated heterocycles. The second kappa shape index (κ2) is 8.75. The average molecular weight is 459 g/mol. The molecular weight excluding hydrogens is 436 g/mol. The number of nitrogens with zero attached hydrogens (tertiary/aromatic N) is 2. The fourth-order valence-electron chi connectivity index (χ4n) is 4.32. The van der Waals surface area contributed by atoms with Gasteiger partial charge in [-0.15, -0.1) is 0 Å². The molecule has 0 unspecified atom stereocenters. The molecule has 3 amide bonds. The summed E-state index contributed by atoms with van der Waals surface area (Å²) >= 11 is 0.869. The molecule has 0 saturated carbocycles. The largest absolute Gasteiger partial charge is 0.496 e. The molecule has 0 aliphatic carbocycles. The fourth-order valence-corrected chi connectivity index (χ4v) is 5.15. The van der Waals surface area contributed by atoms with E-state index in [1.165, 1.54) is 5.56 Å². The predicted molar refractivity (Wildman–Crippen MR) is 129 cm³/mol. The normalized spacial score (nSPS) is 17.1. The number of fused-ring (bicyclic) bond motifs is 2. The van der Waals surface area contributed by atoms with Crippen LogP contribution in [0.5, 0.6) is 5.75 Å². The first-order valence-corrected chi connectivity index (χ1v) is 11.5. The second-order valence-corrected chi connectivity index (χ2v) is 9.00. The van der Waals surface area contributed by atoms with Crippen LogP contribution in [0.25, 0.3) is 16.8 Å². The summed E-state index contributed by atoms with van der Waals surface area (Å²) in [5, 5.41) is 1.43. The average Bonchev–Trinajstić information content (AvgIpc) is 3.11. The number of hydrogen-bond donors (Lipinski definition) is 0. The molecule has 33 heavy (non-hydrogen) atoms. The highest BCUT2D eigenvalue weighted by Crippen LogP contribution is 2.35. The van der Waals surface area contributed by atoms with Crippen molar-refractivity contribution in [3.05, 3.63) is 82.3 Å². The van der Waals surface area contributed by atoms with E-state index in [9.17, 15) is 14.4 Å². The van der Waals surface area contributed by atoms with Crippen molar-refractivity contribution >= 4 is 45.7 Å². The lowest BCUT2D eigenvalue weighted by atomic mass is 10.00. The molecule has 166 valence electrons. The van der Waals surface area contributed by atoms with Gasteiger partial charge in [0.05, 0.1) is 12.0 Å². The first-order valence-electron chi connectivity index (χ1n) is 10.7. The summed E-state index contributed by atoms with van der Waals surface area (Å²) in [5.41, 5.74) is 3.16. The maximum Gasteiger partial charge on any atom is 0.294 e. The summed E-state index contributed by atoms with van der Waals surface area (Å²) in [5.74, 6) is 0.0863. The summed E-state index contributed by atoms with van der Waals surface area (Å²) in [7, 11) is 1.62. The number of imide groups is 1. The van der Waals surface area contributed by atoms with E-state index in [1.807, 2.05) is 54.6 Å². The van der Waals surface area contributed by atoms with E-state index in [0.29, 0.717) is 18.0 Å². The number of hydrogen-bond acceptors (Lipinski definition) is 5. The third-order valence-electron chi connectivity index (χ3n) is 6.07. The van der Waals surface area contributed by atoms with Crippen LogP contribution in [0.4, 0.5) is 4.79 Å². The predicted octanol–water partition coefficient (Wildman–Crippen LogP) is 4.47. The zero-order chi connectivity index (χ0) is 22.9. The molecular formula is C26H22N2O4S. The van der Waals surface area contributed by atoms with E-state index < -0.39 is 11.1 Å². The minimum atomic E-state index is -0.435. The van der Waals surface area contributed by atoms with Crippen LogP contribution in [0.2, 0.25) is 0 Å². The summed E-state index contributed by atoms with van der Waals surface area (Å²) in [4.78, 5) is 41.6. The zero-order valence-electron chi connectivity index (χ0n) is 18.1. The molecule has 2 heterocycles. The van der Waals surface area contributed by atoms with Gasteiger partial charge in [0.25, 0.3) is 11.1 Å². The van der Waals surface area contributed by atoms with Crippen LogP contribution in [0, 0.1) is 0 Å². The smallest absolute Gasteiger partial charge is 0.294 e. The molecule has 2 aliphatic heterocycles. The van der Waals surface area contributed by atoms with E-state index in [0.717, 1.165) is 50.7 Å². The van der Waals surface area contributed by atoms with Gasteiger partial charge in [-0.3, -0.25) is 19.3 Å². The van der Waals surface area contributed by atoms with Crippen molar-refractivity contribution in [3.63, 3.8) is 0 Å². The number of benzene rings is 3. The van der Waals surface area contributed by atoms with Crippen LogP contribution in [0.1, 0.15) is 16.7 Å². The van der Waals surface area contributed by atoms with Crippen LogP contribution in [-0.4, -0.2) is 47.1 Å². The lowest BCUT2D eigenvalue weighted by Gasteiger charge is -2.29. The van der Waals surface area contributed by atoms with Crippen LogP contribution in [-0.2, 0) is 22.6 Å². The highest BCUT2D eigenvalue weighted by molar-refractivity contribution is 8.18. The van der Waals surface area contributed by atoms with Gasteiger partial charge in [-0.25, -0.2) is 0 Å². The second-order valence-electron chi connectivity index (χ2n) is 8.00. The SMILES string of the molecule is COc1ccc(/C=C2/SC(=O)N(CC(=O)N3CCc4ccccc4C3)C2=O)c2ccccc12. The number of methoxy groups -OCH3 is 1. The Morgan fingerprint density at radius 2 is 1.73 bits per heavy atom. The molecule has 0 bridgehead atoms. The van der Waals surface area contributed by atoms with Crippen LogP contribution >= 0.6 is 11.8 Å². The van der Waals surface area contributed by atoms with Crippen molar-refractivity contribution in [1.82, 2.24) is 9.80 Å². The van der Waals surface area contributed by atoms with Gasteiger partial charge in [-0.05, 0) is 52.4 Å². The minimum Gasteiger partial charge on any atom is -0.496 e. The third-order valence-corrected chi connectivity index (χ3v) is 6.98. The van der Waals surface area contributed by atoms with Gasteiger partial charge in [0.15, 0.2) is 0 Å². The minimum absolute atomic E-state index is 0.219. The summed E-state index contributed by atoms with van der Waals surface area (Å²) in [6, 6.07) is 19.5. The number of thioether (sulfide) groups is 1. The van der Waals surface area contributed by atoms with Gasteiger partial charge in [0, 0.05) is 18.5 Å². The van der Waals surface area contributed by atoms with Crippen molar-refractivity contribution in [2.24, 2.45) is 0 Å². The van der Waals surface area contributed by atoms with E-state index in [4.69, 9.17) is 4.74 Å². The highest BCUT2D eigenvalue weighted by atomic mass is 32.2. The lowest BCUT2D eigenvalue weighted by molar-refractivity contribution is -0.136. The number of ether oxygens (including phenoxy) is 1. The maximum absolute atomic E-state index is 13.0. The molecule has 5 rings (SSSR count). The molecule has 0 aromatic heterocycles. The van der Waals surface area contributed by atoms with Gasteiger partial charge in [0.1, 0.15) is 12.3 Å². The van der Waals surface area contributed by atoms with Crippen LogP contribution in [0.3, 0.4) is 0 Å². The van der Waals surface area contributed by atoms with E-state index >= 15 is 0 Å². The van der Waals surface area contributed by atoms with Gasteiger partial charge in [-0.2, -0.15) is 0 Å². The lowest BCUT2D eigenvalue weighted by Crippen LogP contribution is -2.44. The fraction of sp³-hybridized carbons (Fsp3) is 0.192. The molecule has 0 radical (unpaired) electrons. The van der Waals surface area contributed by atoms with Gasteiger partial charge < -0.3 is 9.64 Å². The molecule has 0 spiro atoms. The third kappa shape index (κ3) is 4.00. The standard InChI is InChI=1S/C26H22N2O4S/c1-32-22-11-10-18(20-8-4-5-9-21(20)22)14-23-25(30)28(26(31)33-23)16-24(29)27-13-12-17-6-2-3-7-19(17)15-27/h2-11,14H,12-13,15-16H2,1H3/b23-14+. The Morgan fingerprint density at radius 1 is 1.00 bits per heavy atom. The molecule has 1 fully saturated rings. The zero-order valence-corrected chi connectivity index (χ0v) is 18.9. The first-order chi connectivity index (χ1) is 16.0. The summed E-state index contributed by atoms with van der Waals surface area (Å²) < 4.78 is 5.43. The van der Waals surface area contributed by atoms with E-state index in [1.54, 1.807) is 18.1 Å². The van der Waals surface area contributed by atoms with Crippen LogP contribution in [0.15, 0.2) is 65.6 Å². The van der Waals surface area contributed by atoms with Gasteiger partial charge in [-0.1, -0.05) is 54.6 Å². The Labute approximate surface area is 195 Å². The van der Waals surface area contributed by atoms with Crippen molar-refractivity contribution in [1.29, 1.82) is 0 Å². The van der Waals surface area contributed by atoms with Gasteiger partial charge in [0.2, 0.25) is 5.91 Å². The Morgan fingerprint density at radius 3 is 2.52 bits per heavy atom. The number of rotatable bonds is 4. The summed E-state index contributed by atoms with van der Waals surface area (Å²) in [6.45, 7) is 0.839. The summed E-state index contributed by atoms with van der Waals surface area (Å²) in [6.07, 6.45) is 2.49. The maximum atomic E-state index is 13.0. The van der Waals surface area contributed by atoms with Gasteiger partial charge >= 0.3 is 0 Å². The molecule has 0 atom stereocenters. The molecule has 3 aromatic carbocycles. The highest BCUT2D eigenvalue weighted by Gasteiger charge is 2.37. The quantitative estimate of drug-likeness (QED) is 0.540. The Balaban J connectivity index is 1.35. The Bertz CT molecular complexity index is 1320.